The fraction of sp³-hybridized carbons (Fsp3) is 0.258. The summed E-state index contributed by atoms with van der Waals surface area (Å²) in [5, 5.41) is 3.54. The van der Waals surface area contributed by atoms with Crippen LogP contribution in [-0.2, 0) is 25.8 Å². The molecule has 5 aromatic rings. The molecule has 4 heterocycles. The number of rotatable bonds is 6. The number of aromatic nitrogens is 2. The maximum atomic E-state index is 5.85. The van der Waals surface area contributed by atoms with Gasteiger partial charge in [-0.15, -0.1) is 0 Å². The average Bonchev–Trinajstić information content (AvgIpc) is 3.56. The van der Waals surface area contributed by atoms with Gasteiger partial charge in [0.1, 0.15) is 0 Å². The van der Waals surface area contributed by atoms with Crippen molar-refractivity contribution in [1.29, 1.82) is 0 Å². The lowest BCUT2D eigenvalue weighted by atomic mass is 9.89. The zero-order valence-corrected chi connectivity index (χ0v) is 23.6. The summed E-state index contributed by atoms with van der Waals surface area (Å²) in [4.78, 5) is 3.59. The van der Waals surface area contributed by atoms with Gasteiger partial charge in [-0.25, -0.2) is 0 Å². The first-order valence-corrected chi connectivity index (χ1v) is 12.8. The monoisotopic (exact) mass is 620 g/mol. The highest BCUT2D eigenvalue weighted by atomic mass is 127. The normalized spacial score (nSPS) is 13.2. The first-order valence-electron chi connectivity index (χ1n) is 12.8. The minimum Gasteiger partial charge on any atom is -1.00 e. The molecule has 3 aromatic carbocycles. The maximum absolute atomic E-state index is 5.85. The lowest BCUT2D eigenvalue weighted by Gasteiger charge is -2.21. The molecular formula is C31H29IN2O4. The first-order chi connectivity index (χ1) is 18.2. The molecular weight excluding hydrogens is 591 g/mol. The van der Waals surface area contributed by atoms with Gasteiger partial charge in [0.15, 0.2) is 35.7 Å². The summed E-state index contributed by atoms with van der Waals surface area (Å²) in [6.45, 7) is 1.18. The third-order valence-corrected chi connectivity index (χ3v) is 7.70. The van der Waals surface area contributed by atoms with Crippen molar-refractivity contribution in [3.8, 4) is 34.3 Å². The molecule has 2 aliphatic heterocycles. The van der Waals surface area contributed by atoms with E-state index in [0.717, 1.165) is 60.6 Å². The molecule has 0 spiro atoms. The summed E-state index contributed by atoms with van der Waals surface area (Å²) in [5.74, 6) is 3.20. The Morgan fingerprint density at radius 3 is 2.58 bits per heavy atom. The van der Waals surface area contributed by atoms with Gasteiger partial charge >= 0.3 is 0 Å². The van der Waals surface area contributed by atoms with Crippen molar-refractivity contribution in [2.75, 3.05) is 21.0 Å². The number of fused-ring (bicyclic) bond motifs is 6. The Hall–Kier alpha value is -3.46. The summed E-state index contributed by atoms with van der Waals surface area (Å²) in [7, 11) is 3.41. The third kappa shape index (κ3) is 4.04. The van der Waals surface area contributed by atoms with Crippen LogP contribution in [0.5, 0.6) is 23.0 Å². The second-order valence-electron chi connectivity index (χ2n) is 9.76. The minimum atomic E-state index is 0. The molecule has 0 fully saturated rings. The Morgan fingerprint density at radius 2 is 1.76 bits per heavy atom. The first kappa shape index (κ1) is 24.9. The van der Waals surface area contributed by atoms with Crippen LogP contribution in [0.3, 0.4) is 0 Å². The van der Waals surface area contributed by atoms with E-state index in [-0.39, 0.29) is 30.8 Å². The fourth-order valence-corrected chi connectivity index (χ4v) is 5.99. The largest absolute Gasteiger partial charge is 1.00 e. The Morgan fingerprint density at radius 1 is 0.921 bits per heavy atom. The highest BCUT2D eigenvalue weighted by Crippen LogP contribution is 2.44. The highest BCUT2D eigenvalue weighted by Gasteiger charge is 2.32. The number of ether oxygens (including phenoxy) is 4. The average molecular weight is 620 g/mol. The van der Waals surface area contributed by atoms with Crippen LogP contribution in [0.25, 0.3) is 32.9 Å². The summed E-state index contributed by atoms with van der Waals surface area (Å²) in [6, 6.07) is 19.2. The maximum Gasteiger partial charge on any atom is 0.231 e. The van der Waals surface area contributed by atoms with Gasteiger partial charge in [-0.2, -0.15) is 4.57 Å². The number of methoxy groups -OCH3 is 2. The van der Waals surface area contributed by atoms with Crippen molar-refractivity contribution in [3.05, 3.63) is 77.6 Å². The van der Waals surface area contributed by atoms with Crippen molar-refractivity contribution in [1.82, 2.24) is 4.98 Å². The van der Waals surface area contributed by atoms with Crippen LogP contribution in [0.2, 0.25) is 0 Å². The molecule has 0 amide bonds. The number of nitrogens with one attached hydrogen (secondary N) is 1. The predicted octanol–water partition coefficient (Wildman–Crippen LogP) is 2.76. The minimum absolute atomic E-state index is 0. The van der Waals surface area contributed by atoms with E-state index in [2.05, 4.69) is 64.3 Å². The van der Waals surface area contributed by atoms with Crippen LogP contribution >= 0.6 is 0 Å². The molecule has 2 aliphatic rings. The molecule has 7 rings (SSSR count). The van der Waals surface area contributed by atoms with Crippen molar-refractivity contribution in [2.45, 2.75) is 32.2 Å². The van der Waals surface area contributed by atoms with Crippen LogP contribution in [0, 0.1) is 0 Å². The number of benzene rings is 3. The Kier molecular flexibility index (Phi) is 6.55. The molecule has 0 bridgehead atoms. The van der Waals surface area contributed by atoms with Gasteiger partial charge in [0, 0.05) is 28.6 Å². The molecule has 2 aromatic heterocycles. The summed E-state index contributed by atoms with van der Waals surface area (Å²) in [6.07, 6.45) is 6.10. The lowest BCUT2D eigenvalue weighted by Crippen LogP contribution is -3.00. The number of aryl methyl sites for hydroxylation is 4. The summed E-state index contributed by atoms with van der Waals surface area (Å²) in [5.41, 5.74) is 7.59. The molecule has 6 nitrogen and oxygen atoms in total. The van der Waals surface area contributed by atoms with E-state index in [1.807, 2.05) is 6.07 Å². The van der Waals surface area contributed by atoms with Gasteiger partial charge in [-0.3, -0.25) is 0 Å². The molecule has 194 valence electrons. The van der Waals surface area contributed by atoms with Gasteiger partial charge in [-0.05, 0) is 66.6 Å². The zero-order chi connectivity index (χ0) is 24.9. The van der Waals surface area contributed by atoms with Crippen LogP contribution in [-0.4, -0.2) is 26.0 Å². The van der Waals surface area contributed by atoms with Gasteiger partial charge in [-0.1, -0.05) is 18.2 Å². The molecule has 7 heteroatoms. The number of aromatic amines is 1. The molecule has 1 N–H and O–H groups in total. The highest BCUT2D eigenvalue weighted by molar-refractivity contribution is 5.95. The van der Waals surface area contributed by atoms with E-state index in [1.165, 1.54) is 44.4 Å². The smallest absolute Gasteiger partial charge is 0.231 e. The van der Waals surface area contributed by atoms with Gasteiger partial charge in [0.25, 0.3) is 0 Å². The number of H-pyrrole nitrogens is 1. The molecule has 0 aliphatic carbocycles. The summed E-state index contributed by atoms with van der Waals surface area (Å²) < 4.78 is 25.3. The molecule has 0 unspecified atom stereocenters. The Balaban J connectivity index is 0.00000264. The van der Waals surface area contributed by atoms with Crippen LogP contribution in [0.1, 0.15) is 23.2 Å². The number of nitrogens with zero attached hydrogens (tertiary/aromatic N) is 1. The SMILES string of the molecule is COc1ccc2c(CCCc3cc4ccccc4[nH]3)c3[n+](cc2c1OC)CCc1cc2c(cc1-3)OCO2.[I-]. The number of hydrogen-bond donors (Lipinski definition) is 1. The zero-order valence-electron chi connectivity index (χ0n) is 21.5. The van der Waals surface area contributed by atoms with Crippen molar-refractivity contribution < 1.29 is 47.5 Å². The van der Waals surface area contributed by atoms with E-state index in [9.17, 15) is 0 Å². The molecule has 38 heavy (non-hydrogen) atoms. The van der Waals surface area contributed by atoms with Crippen molar-refractivity contribution >= 4 is 21.7 Å². The number of hydrogen-bond acceptors (Lipinski definition) is 4. The van der Waals surface area contributed by atoms with Gasteiger partial charge in [0.05, 0.1) is 25.2 Å². The fourth-order valence-electron chi connectivity index (χ4n) is 5.99. The topological polar surface area (TPSA) is 56.6 Å². The predicted molar refractivity (Wildman–Crippen MR) is 143 cm³/mol. The lowest BCUT2D eigenvalue weighted by molar-refractivity contribution is -0.686. The van der Waals surface area contributed by atoms with Gasteiger partial charge in [0.2, 0.25) is 12.5 Å². The molecule has 0 saturated heterocycles. The van der Waals surface area contributed by atoms with Gasteiger partial charge < -0.3 is 47.9 Å². The van der Waals surface area contributed by atoms with E-state index >= 15 is 0 Å². The standard InChI is InChI=1S/C31H29N2O4.HI/c1-34-27-11-10-22-23(8-5-7-21-14-20-6-3-4-9-26(20)32-21)30-24-16-29-28(36-18-37-29)15-19(24)12-13-33(30)17-25(22)31(27)35-2;/h3-4,6,9-11,14-17,32H,5,7-8,12-13,18H2,1-2H3;1H/q+1;/p-1. The molecule has 0 atom stereocenters. The van der Waals surface area contributed by atoms with Crippen LogP contribution in [0.15, 0.2) is 60.8 Å². The van der Waals surface area contributed by atoms with Crippen LogP contribution < -0.4 is 47.5 Å². The number of pyridine rings is 1. The molecule has 0 radical (unpaired) electrons. The third-order valence-electron chi connectivity index (χ3n) is 7.70. The summed E-state index contributed by atoms with van der Waals surface area (Å²) >= 11 is 0. The second kappa shape index (κ2) is 10.0. The Labute approximate surface area is 238 Å². The van der Waals surface area contributed by atoms with E-state index < -0.39 is 0 Å². The van der Waals surface area contributed by atoms with Crippen molar-refractivity contribution in [2.24, 2.45) is 0 Å². The number of halogens is 1. The van der Waals surface area contributed by atoms with E-state index in [0.29, 0.717) is 0 Å². The number of para-hydroxylation sites is 1. The van der Waals surface area contributed by atoms with Crippen LogP contribution in [0.4, 0.5) is 0 Å². The van der Waals surface area contributed by atoms with E-state index in [1.54, 1.807) is 14.2 Å². The quantitative estimate of drug-likeness (QED) is 0.235. The van der Waals surface area contributed by atoms with E-state index in [4.69, 9.17) is 18.9 Å². The molecule has 0 saturated carbocycles. The Bertz CT molecular complexity index is 1640. The second-order valence-corrected chi connectivity index (χ2v) is 9.76. The van der Waals surface area contributed by atoms with Crippen molar-refractivity contribution in [3.63, 3.8) is 0 Å².